The Bertz CT molecular complexity index is 779. The van der Waals surface area contributed by atoms with Gasteiger partial charge in [0.15, 0.2) is 5.82 Å². The highest BCUT2D eigenvalue weighted by Crippen LogP contribution is 2.40. The van der Waals surface area contributed by atoms with Gasteiger partial charge in [0, 0.05) is 23.6 Å². The molecule has 0 bridgehead atoms. The summed E-state index contributed by atoms with van der Waals surface area (Å²) < 4.78 is 57.0. The molecule has 0 radical (unpaired) electrons. The van der Waals surface area contributed by atoms with Crippen molar-refractivity contribution < 1.29 is 22.3 Å². The van der Waals surface area contributed by atoms with E-state index in [4.69, 9.17) is 10.5 Å². The molecule has 1 aromatic carbocycles. The number of hydrogen-bond donors (Lipinski definition) is 1. The smallest absolute Gasteiger partial charge is 0.408 e. The van der Waals surface area contributed by atoms with Crippen LogP contribution in [0.5, 0.6) is 5.75 Å². The molecule has 0 saturated heterocycles. The van der Waals surface area contributed by atoms with E-state index in [0.717, 1.165) is 17.5 Å². The average Bonchev–Trinajstić information content (AvgIpc) is 3.36. The Morgan fingerprint density at radius 3 is 2.50 bits per heavy atom. The fourth-order valence-electron chi connectivity index (χ4n) is 2.42. The molecule has 1 aliphatic rings. The summed E-state index contributed by atoms with van der Waals surface area (Å²) >= 11 is 0. The molecule has 1 heterocycles. The minimum absolute atomic E-state index is 0.0244. The highest BCUT2D eigenvalue weighted by Gasteiger charge is 2.35. The topological polar surface area (TPSA) is 66.0 Å². The number of alkyl halides is 3. The SMILES string of the molecule is NC/C(=C/F)COc1ccc(-c2nc(C3CC3)n(CC(F)(F)F)n2)cc1. The van der Waals surface area contributed by atoms with Gasteiger partial charge in [-0.05, 0) is 37.1 Å². The van der Waals surface area contributed by atoms with Crippen molar-refractivity contribution >= 4 is 0 Å². The van der Waals surface area contributed by atoms with Crippen LogP contribution in [0.1, 0.15) is 24.6 Å². The third-order valence-corrected chi connectivity index (χ3v) is 3.93. The third kappa shape index (κ3) is 4.60. The van der Waals surface area contributed by atoms with E-state index in [1.165, 1.54) is 0 Å². The molecule has 1 aromatic heterocycles. The molecule has 26 heavy (non-hydrogen) atoms. The van der Waals surface area contributed by atoms with Gasteiger partial charge in [-0.15, -0.1) is 0 Å². The highest BCUT2D eigenvalue weighted by atomic mass is 19.4. The molecule has 2 aromatic rings. The van der Waals surface area contributed by atoms with Gasteiger partial charge in [-0.25, -0.2) is 14.1 Å². The first-order valence-electron chi connectivity index (χ1n) is 8.12. The molecule has 5 nitrogen and oxygen atoms in total. The van der Waals surface area contributed by atoms with E-state index in [0.29, 0.717) is 29.0 Å². The molecule has 1 saturated carbocycles. The Hall–Kier alpha value is -2.42. The lowest BCUT2D eigenvalue weighted by atomic mass is 10.2. The Kier molecular flexibility index (Phi) is 5.26. The van der Waals surface area contributed by atoms with Crippen molar-refractivity contribution in [1.29, 1.82) is 0 Å². The van der Waals surface area contributed by atoms with Gasteiger partial charge in [0.1, 0.15) is 24.7 Å². The third-order valence-electron chi connectivity index (χ3n) is 3.93. The van der Waals surface area contributed by atoms with E-state index in [2.05, 4.69) is 10.1 Å². The van der Waals surface area contributed by atoms with Crippen LogP contribution in [0.4, 0.5) is 17.6 Å². The predicted molar refractivity (Wildman–Crippen MR) is 87.2 cm³/mol. The number of halogens is 4. The Morgan fingerprint density at radius 2 is 1.96 bits per heavy atom. The second-order valence-corrected chi connectivity index (χ2v) is 6.13. The van der Waals surface area contributed by atoms with Gasteiger partial charge in [-0.1, -0.05) is 0 Å². The van der Waals surface area contributed by atoms with Crippen molar-refractivity contribution in [3.63, 3.8) is 0 Å². The van der Waals surface area contributed by atoms with Crippen molar-refractivity contribution in [3.8, 4) is 17.1 Å². The average molecular weight is 370 g/mol. The lowest BCUT2D eigenvalue weighted by molar-refractivity contribution is -0.143. The van der Waals surface area contributed by atoms with E-state index in [1.54, 1.807) is 24.3 Å². The molecule has 0 aliphatic heterocycles. The number of ether oxygens (including phenoxy) is 1. The zero-order valence-electron chi connectivity index (χ0n) is 13.8. The van der Waals surface area contributed by atoms with Crippen molar-refractivity contribution in [2.24, 2.45) is 5.73 Å². The van der Waals surface area contributed by atoms with Gasteiger partial charge in [0.25, 0.3) is 0 Å². The maximum Gasteiger partial charge on any atom is 0.408 e. The molecule has 0 unspecified atom stereocenters. The zero-order valence-corrected chi connectivity index (χ0v) is 13.8. The fraction of sp³-hybridized carbons (Fsp3) is 0.412. The first-order chi connectivity index (χ1) is 12.4. The number of nitrogens with zero attached hydrogens (tertiary/aromatic N) is 3. The standard InChI is InChI=1S/C17H18F4N4O/c18-7-11(8-22)9-26-14-5-3-12(4-6-14)15-23-16(13-1-2-13)25(24-15)10-17(19,20)21/h3-7,13H,1-2,8-10,22H2/b11-7-. The summed E-state index contributed by atoms with van der Waals surface area (Å²) in [6, 6.07) is 6.56. The van der Waals surface area contributed by atoms with Crippen LogP contribution in [0.25, 0.3) is 11.4 Å². The highest BCUT2D eigenvalue weighted by molar-refractivity contribution is 5.56. The molecule has 0 amide bonds. The quantitative estimate of drug-likeness (QED) is 0.757. The number of rotatable bonds is 7. The molecule has 3 rings (SSSR count). The molecular formula is C17H18F4N4O. The summed E-state index contributed by atoms with van der Waals surface area (Å²) in [7, 11) is 0. The van der Waals surface area contributed by atoms with Crippen LogP contribution < -0.4 is 10.5 Å². The Morgan fingerprint density at radius 1 is 1.27 bits per heavy atom. The molecule has 1 aliphatic carbocycles. The van der Waals surface area contributed by atoms with Gasteiger partial charge in [0.05, 0.1) is 6.33 Å². The molecule has 140 valence electrons. The predicted octanol–water partition coefficient (Wildman–Crippen LogP) is 3.58. The molecule has 9 heteroatoms. The van der Waals surface area contributed by atoms with Crippen molar-refractivity contribution in [3.05, 3.63) is 42.0 Å². The van der Waals surface area contributed by atoms with Gasteiger partial charge in [0.2, 0.25) is 0 Å². The number of aromatic nitrogens is 3. The number of benzene rings is 1. The first kappa shape index (κ1) is 18.4. The van der Waals surface area contributed by atoms with Crippen LogP contribution in [-0.4, -0.2) is 34.1 Å². The molecule has 1 fully saturated rings. The molecular weight excluding hydrogens is 352 g/mol. The largest absolute Gasteiger partial charge is 0.489 e. The van der Waals surface area contributed by atoms with Gasteiger partial charge in [-0.2, -0.15) is 18.3 Å². The summed E-state index contributed by atoms with van der Waals surface area (Å²) in [5, 5.41) is 4.03. The summed E-state index contributed by atoms with van der Waals surface area (Å²) in [6.07, 6.45) is -2.29. The van der Waals surface area contributed by atoms with Crippen LogP contribution in [0.15, 0.2) is 36.2 Å². The summed E-state index contributed by atoms with van der Waals surface area (Å²) in [6.45, 7) is -1.07. The van der Waals surface area contributed by atoms with Crippen molar-refractivity contribution in [2.45, 2.75) is 31.5 Å². The van der Waals surface area contributed by atoms with Crippen LogP contribution in [0, 0.1) is 0 Å². The molecule has 0 atom stereocenters. The minimum Gasteiger partial charge on any atom is -0.489 e. The molecule has 2 N–H and O–H groups in total. The lowest BCUT2D eigenvalue weighted by Gasteiger charge is -2.08. The van der Waals surface area contributed by atoms with E-state index < -0.39 is 12.7 Å². The van der Waals surface area contributed by atoms with E-state index in [1.807, 2.05) is 0 Å². The first-order valence-corrected chi connectivity index (χ1v) is 8.12. The fourth-order valence-corrected chi connectivity index (χ4v) is 2.42. The summed E-state index contributed by atoms with van der Waals surface area (Å²) in [5.41, 5.74) is 6.25. The minimum atomic E-state index is -4.35. The van der Waals surface area contributed by atoms with E-state index in [-0.39, 0.29) is 24.9 Å². The van der Waals surface area contributed by atoms with Crippen LogP contribution in [0.3, 0.4) is 0 Å². The van der Waals surface area contributed by atoms with Crippen LogP contribution >= 0.6 is 0 Å². The Balaban J connectivity index is 1.75. The van der Waals surface area contributed by atoms with Gasteiger partial charge >= 0.3 is 6.18 Å². The summed E-state index contributed by atoms with van der Waals surface area (Å²) in [4.78, 5) is 4.29. The van der Waals surface area contributed by atoms with Crippen LogP contribution in [0.2, 0.25) is 0 Å². The van der Waals surface area contributed by atoms with E-state index in [9.17, 15) is 17.6 Å². The second kappa shape index (κ2) is 7.45. The number of hydrogen-bond acceptors (Lipinski definition) is 4. The van der Waals surface area contributed by atoms with Gasteiger partial charge in [-0.3, -0.25) is 0 Å². The second-order valence-electron chi connectivity index (χ2n) is 6.13. The van der Waals surface area contributed by atoms with Crippen molar-refractivity contribution in [2.75, 3.05) is 13.2 Å². The Labute approximate surface area is 147 Å². The van der Waals surface area contributed by atoms with Gasteiger partial charge < -0.3 is 10.5 Å². The van der Waals surface area contributed by atoms with Crippen LogP contribution in [-0.2, 0) is 6.54 Å². The maximum atomic E-state index is 12.7. The zero-order chi connectivity index (χ0) is 18.7. The number of nitrogens with two attached hydrogens (primary N) is 1. The normalized spacial score (nSPS) is 15.3. The monoisotopic (exact) mass is 370 g/mol. The maximum absolute atomic E-state index is 12.7. The lowest BCUT2D eigenvalue weighted by Crippen LogP contribution is -2.20. The van der Waals surface area contributed by atoms with E-state index >= 15 is 0 Å². The van der Waals surface area contributed by atoms with Crippen molar-refractivity contribution in [1.82, 2.24) is 14.8 Å². The molecule has 0 spiro atoms. The summed E-state index contributed by atoms with van der Waals surface area (Å²) in [5.74, 6) is 1.15.